The van der Waals surface area contributed by atoms with Crippen LogP contribution < -0.4 is 0 Å². The zero-order chi connectivity index (χ0) is 10.3. The van der Waals surface area contributed by atoms with Gasteiger partial charge >= 0.3 is 0 Å². The van der Waals surface area contributed by atoms with Crippen molar-refractivity contribution in [2.75, 3.05) is 6.61 Å². The summed E-state index contributed by atoms with van der Waals surface area (Å²) in [5.74, 6) is -0.0333. The molecule has 76 valence electrons. The molecule has 0 saturated heterocycles. The van der Waals surface area contributed by atoms with Crippen LogP contribution in [0.5, 0.6) is 0 Å². The van der Waals surface area contributed by atoms with Crippen LogP contribution in [0.25, 0.3) is 0 Å². The third-order valence-corrected chi connectivity index (χ3v) is 1.53. The van der Waals surface area contributed by atoms with Crippen LogP contribution in [0.2, 0.25) is 0 Å². The summed E-state index contributed by atoms with van der Waals surface area (Å²) < 4.78 is 10.4. The van der Waals surface area contributed by atoms with Crippen LogP contribution in [0.1, 0.15) is 27.7 Å². The Labute approximate surface area is 79.7 Å². The highest BCUT2D eigenvalue weighted by Crippen LogP contribution is 2.01. The maximum atomic E-state index is 11.2. The van der Waals surface area contributed by atoms with Gasteiger partial charge in [-0.2, -0.15) is 0 Å². The summed E-state index contributed by atoms with van der Waals surface area (Å²) in [7, 11) is 0. The summed E-state index contributed by atoms with van der Waals surface area (Å²) in [6.45, 7) is 7.78. The minimum absolute atomic E-state index is 0.0333. The third kappa shape index (κ3) is 5.55. The van der Waals surface area contributed by atoms with Gasteiger partial charge in [-0.3, -0.25) is 4.79 Å². The fraction of sp³-hybridized carbons (Fsp3) is 0.700. The lowest BCUT2D eigenvalue weighted by Gasteiger charge is -2.16. The fourth-order valence-electron chi connectivity index (χ4n) is 0.928. The van der Waals surface area contributed by atoms with E-state index < -0.39 is 6.10 Å². The Morgan fingerprint density at radius 1 is 1.46 bits per heavy atom. The Morgan fingerprint density at radius 3 is 2.54 bits per heavy atom. The SMILES string of the molecule is C/C=C/C(=O)[C@H](C)OC(C)OCC. The molecule has 0 aromatic heterocycles. The van der Waals surface area contributed by atoms with E-state index in [-0.39, 0.29) is 12.1 Å². The molecule has 0 amide bonds. The summed E-state index contributed by atoms with van der Waals surface area (Å²) in [5.41, 5.74) is 0. The number of rotatable bonds is 6. The molecular weight excluding hydrogens is 168 g/mol. The number of carbonyl (C=O) groups excluding carboxylic acids is 1. The minimum Gasteiger partial charge on any atom is -0.353 e. The predicted octanol–water partition coefficient (Wildman–Crippen LogP) is 1.92. The first-order chi connectivity index (χ1) is 6.11. The quantitative estimate of drug-likeness (QED) is 0.469. The molecule has 3 nitrogen and oxygen atoms in total. The molecule has 0 aromatic rings. The molecule has 2 atom stereocenters. The second-order valence-corrected chi connectivity index (χ2v) is 2.70. The van der Waals surface area contributed by atoms with E-state index in [1.165, 1.54) is 6.08 Å². The molecule has 0 rings (SSSR count). The molecule has 0 aromatic carbocycles. The van der Waals surface area contributed by atoms with Crippen molar-refractivity contribution in [2.24, 2.45) is 0 Å². The number of carbonyl (C=O) groups is 1. The van der Waals surface area contributed by atoms with Gasteiger partial charge in [-0.05, 0) is 33.8 Å². The van der Waals surface area contributed by atoms with E-state index >= 15 is 0 Å². The Morgan fingerprint density at radius 2 is 2.08 bits per heavy atom. The monoisotopic (exact) mass is 186 g/mol. The van der Waals surface area contributed by atoms with Crippen LogP contribution in [0.15, 0.2) is 12.2 Å². The number of hydrogen-bond acceptors (Lipinski definition) is 3. The van der Waals surface area contributed by atoms with Gasteiger partial charge in [0.2, 0.25) is 0 Å². The second-order valence-electron chi connectivity index (χ2n) is 2.70. The Hall–Kier alpha value is -0.670. The van der Waals surface area contributed by atoms with Gasteiger partial charge in [-0.1, -0.05) is 6.08 Å². The summed E-state index contributed by atoms with van der Waals surface area (Å²) in [4.78, 5) is 11.2. The first-order valence-corrected chi connectivity index (χ1v) is 4.55. The van der Waals surface area contributed by atoms with Crippen molar-refractivity contribution in [3.05, 3.63) is 12.2 Å². The summed E-state index contributed by atoms with van der Waals surface area (Å²) in [5, 5.41) is 0. The highest BCUT2D eigenvalue weighted by molar-refractivity contribution is 5.93. The zero-order valence-corrected chi connectivity index (χ0v) is 8.74. The van der Waals surface area contributed by atoms with Crippen molar-refractivity contribution in [2.45, 2.75) is 40.1 Å². The summed E-state index contributed by atoms with van der Waals surface area (Å²) >= 11 is 0. The molecule has 1 unspecified atom stereocenters. The first kappa shape index (κ1) is 12.3. The van der Waals surface area contributed by atoms with Gasteiger partial charge in [-0.15, -0.1) is 0 Å². The number of ketones is 1. The van der Waals surface area contributed by atoms with Crippen molar-refractivity contribution in [1.29, 1.82) is 0 Å². The average Bonchev–Trinajstić information content (AvgIpc) is 2.05. The van der Waals surface area contributed by atoms with Crippen molar-refractivity contribution in [1.82, 2.24) is 0 Å². The second kappa shape index (κ2) is 6.80. The molecule has 0 fully saturated rings. The van der Waals surface area contributed by atoms with E-state index in [0.717, 1.165) is 0 Å². The minimum atomic E-state index is -0.433. The summed E-state index contributed by atoms with van der Waals surface area (Å²) in [6.07, 6.45) is 2.45. The molecule has 0 saturated carbocycles. The number of hydrogen-bond donors (Lipinski definition) is 0. The zero-order valence-electron chi connectivity index (χ0n) is 8.74. The highest BCUT2D eigenvalue weighted by Gasteiger charge is 2.13. The largest absolute Gasteiger partial charge is 0.353 e. The van der Waals surface area contributed by atoms with Crippen LogP contribution >= 0.6 is 0 Å². The maximum absolute atomic E-state index is 11.2. The first-order valence-electron chi connectivity index (χ1n) is 4.55. The van der Waals surface area contributed by atoms with Crippen molar-refractivity contribution < 1.29 is 14.3 Å². The Kier molecular flexibility index (Phi) is 6.45. The predicted molar refractivity (Wildman–Crippen MR) is 51.5 cm³/mol. The van der Waals surface area contributed by atoms with Crippen molar-refractivity contribution in [3.8, 4) is 0 Å². The molecule has 0 heterocycles. The van der Waals surface area contributed by atoms with E-state index in [4.69, 9.17) is 9.47 Å². The van der Waals surface area contributed by atoms with Gasteiger partial charge in [0.15, 0.2) is 12.1 Å². The van der Waals surface area contributed by atoms with E-state index in [1.807, 2.05) is 6.92 Å². The van der Waals surface area contributed by atoms with Crippen LogP contribution in [-0.4, -0.2) is 24.8 Å². The standard InChI is InChI=1S/C10H18O3/c1-5-7-10(11)8(3)13-9(4)12-6-2/h5,7-9H,6H2,1-4H3/b7-5+/t8-,9?/m0/s1. The summed E-state index contributed by atoms with van der Waals surface area (Å²) in [6, 6.07) is 0. The topological polar surface area (TPSA) is 35.5 Å². The van der Waals surface area contributed by atoms with Crippen molar-refractivity contribution >= 4 is 5.78 Å². The number of ether oxygens (including phenoxy) is 2. The van der Waals surface area contributed by atoms with Crippen LogP contribution in [0.3, 0.4) is 0 Å². The fourth-order valence-corrected chi connectivity index (χ4v) is 0.928. The Balaban J connectivity index is 3.84. The smallest absolute Gasteiger partial charge is 0.183 e. The molecule has 13 heavy (non-hydrogen) atoms. The van der Waals surface area contributed by atoms with Gasteiger partial charge in [-0.25, -0.2) is 0 Å². The normalized spacial score (nSPS) is 16.0. The third-order valence-electron chi connectivity index (χ3n) is 1.53. The van der Waals surface area contributed by atoms with E-state index in [0.29, 0.717) is 6.61 Å². The van der Waals surface area contributed by atoms with Gasteiger partial charge in [0, 0.05) is 6.61 Å². The molecule has 0 aliphatic heterocycles. The molecular formula is C10H18O3. The molecule has 0 bridgehead atoms. The van der Waals surface area contributed by atoms with E-state index in [2.05, 4.69) is 0 Å². The van der Waals surface area contributed by atoms with E-state index in [9.17, 15) is 4.79 Å². The van der Waals surface area contributed by atoms with Crippen molar-refractivity contribution in [3.63, 3.8) is 0 Å². The highest BCUT2D eigenvalue weighted by atomic mass is 16.7. The Bertz CT molecular complexity index is 175. The molecule has 0 aliphatic carbocycles. The molecule has 0 aliphatic rings. The van der Waals surface area contributed by atoms with Crippen LogP contribution in [0.4, 0.5) is 0 Å². The van der Waals surface area contributed by atoms with Gasteiger partial charge in [0.05, 0.1) is 0 Å². The lowest BCUT2D eigenvalue weighted by Crippen LogP contribution is -2.25. The van der Waals surface area contributed by atoms with E-state index in [1.54, 1.807) is 26.8 Å². The van der Waals surface area contributed by atoms with Gasteiger partial charge in [0.1, 0.15) is 6.10 Å². The lowest BCUT2D eigenvalue weighted by atomic mass is 10.2. The molecule has 0 N–H and O–H groups in total. The maximum Gasteiger partial charge on any atom is 0.183 e. The molecule has 0 spiro atoms. The number of allylic oxidation sites excluding steroid dienone is 1. The average molecular weight is 186 g/mol. The van der Waals surface area contributed by atoms with Gasteiger partial charge < -0.3 is 9.47 Å². The lowest BCUT2D eigenvalue weighted by molar-refractivity contribution is -0.163. The van der Waals surface area contributed by atoms with Crippen LogP contribution in [-0.2, 0) is 14.3 Å². The molecule has 3 heteroatoms. The van der Waals surface area contributed by atoms with Crippen LogP contribution in [0, 0.1) is 0 Å². The molecule has 0 radical (unpaired) electrons. The van der Waals surface area contributed by atoms with Gasteiger partial charge in [0.25, 0.3) is 0 Å².